The maximum Gasteiger partial charge on any atom is 0.119 e. The van der Waals surface area contributed by atoms with Crippen molar-refractivity contribution in [3.8, 4) is 5.75 Å². The number of nitrogens with one attached hydrogen (secondary N) is 1. The van der Waals surface area contributed by atoms with Crippen LogP contribution in [0.25, 0.3) is 0 Å². The molecule has 0 radical (unpaired) electrons. The number of benzene rings is 1. The molecule has 3 nitrogen and oxygen atoms in total. The Balaban J connectivity index is 3.13. The lowest BCUT2D eigenvalue weighted by atomic mass is 9.92. The molecule has 1 rings (SSSR count). The van der Waals surface area contributed by atoms with Gasteiger partial charge in [-0.25, -0.2) is 0 Å². The van der Waals surface area contributed by atoms with Crippen LogP contribution in [0.15, 0.2) is 12.1 Å². The van der Waals surface area contributed by atoms with Crippen LogP contribution in [-0.2, 0) is 0 Å². The Hall–Kier alpha value is -1.06. The molecule has 0 aliphatic rings. The second-order valence-electron chi connectivity index (χ2n) is 4.42. The van der Waals surface area contributed by atoms with Crippen molar-refractivity contribution in [2.45, 2.75) is 39.3 Å². The van der Waals surface area contributed by atoms with Crippen LogP contribution in [-0.4, -0.2) is 25.3 Å². The lowest BCUT2D eigenvalue weighted by Crippen LogP contribution is -2.32. The first-order valence-corrected chi connectivity index (χ1v) is 6.05. The van der Waals surface area contributed by atoms with Gasteiger partial charge >= 0.3 is 0 Å². The molecule has 0 spiro atoms. The smallest absolute Gasteiger partial charge is 0.119 e. The van der Waals surface area contributed by atoms with Crippen molar-refractivity contribution in [3.05, 3.63) is 28.8 Å². The number of hydrogen-bond acceptors (Lipinski definition) is 3. The van der Waals surface area contributed by atoms with Crippen LogP contribution in [0.3, 0.4) is 0 Å². The number of aryl methyl sites for hydroxylation is 2. The van der Waals surface area contributed by atoms with Gasteiger partial charge in [0.15, 0.2) is 0 Å². The van der Waals surface area contributed by atoms with E-state index in [1.807, 2.05) is 33.0 Å². The summed E-state index contributed by atoms with van der Waals surface area (Å²) < 4.78 is 5.23. The molecule has 1 aromatic carbocycles. The molecule has 0 fully saturated rings. The first-order chi connectivity index (χ1) is 8.04. The van der Waals surface area contributed by atoms with Crippen LogP contribution < -0.4 is 10.1 Å². The van der Waals surface area contributed by atoms with Gasteiger partial charge < -0.3 is 15.2 Å². The van der Waals surface area contributed by atoms with E-state index in [-0.39, 0.29) is 6.04 Å². The summed E-state index contributed by atoms with van der Waals surface area (Å²) in [5, 5.41) is 13.6. The van der Waals surface area contributed by atoms with Crippen LogP contribution in [0.4, 0.5) is 0 Å². The number of aliphatic hydroxyl groups is 1. The Morgan fingerprint density at radius 1 is 1.29 bits per heavy atom. The highest BCUT2D eigenvalue weighted by atomic mass is 16.5. The molecule has 3 heteroatoms. The predicted molar refractivity (Wildman–Crippen MR) is 70.6 cm³/mol. The molecule has 17 heavy (non-hydrogen) atoms. The number of aliphatic hydroxyl groups excluding tert-OH is 1. The minimum atomic E-state index is -0.476. The number of methoxy groups -OCH3 is 1. The summed E-state index contributed by atoms with van der Waals surface area (Å²) in [5.41, 5.74) is 3.15. The first-order valence-electron chi connectivity index (χ1n) is 6.05. The molecule has 0 aromatic heterocycles. The number of likely N-dealkylation sites (N-methyl/N-ethyl adjacent to an activating group) is 1. The standard InChI is InChI=1S/C14H23NO2/c1-6-12(15-4)14(16)13-9(2)7-11(17-5)8-10(13)3/h7-8,12,14-16H,6H2,1-5H3. The molecule has 0 bridgehead atoms. The summed E-state index contributed by atoms with van der Waals surface area (Å²) in [6, 6.07) is 4.02. The maximum atomic E-state index is 10.4. The summed E-state index contributed by atoms with van der Waals surface area (Å²) in [7, 11) is 3.54. The Morgan fingerprint density at radius 2 is 1.82 bits per heavy atom. The fourth-order valence-corrected chi connectivity index (χ4v) is 2.31. The van der Waals surface area contributed by atoms with E-state index in [0.29, 0.717) is 0 Å². The summed E-state index contributed by atoms with van der Waals surface area (Å²) in [6.45, 7) is 6.09. The van der Waals surface area contributed by atoms with Crippen molar-refractivity contribution >= 4 is 0 Å². The van der Waals surface area contributed by atoms with Crippen LogP contribution in [0, 0.1) is 13.8 Å². The van der Waals surface area contributed by atoms with Crippen molar-refractivity contribution in [1.82, 2.24) is 5.32 Å². The second-order valence-corrected chi connectivity index (χ2v) is 4.42. The van der Waals surface area contributed by atoms with Gasteiger partial charge in [0.05, 0.1) is 13.2 Å². The highest BCUT2D eigenvalue weighted by molar-refractivity contribution is 5.42. The summed E-state index contributed by atoms with van der Waals surface area (Å²) in [5.74, 6) is 0.841. The minimum Gasteiger partial charge on any atom is -0.497 e. The van der Waals surface area contributed by atoms with E-state index in [9.17, 15) is 5.11 Å². The third kappa shape index (κ3) is 2.99. The van der Waals surface area contributed by atoms with Crippen molar-refractivity contribution in [3.63, 3.8) is 0 Å². The maximum absolute atomic E-state index is 10.4. The SMILES string of the molecule is CCC(NC)C(O)c1c(C)cc(OC)cc1C. The first kappa shape index (κ1) is 14.0. The Labute approximate surface area is 104 Å². The molecule has 2 N–H and O–H groups in total. The molecular weight excluding hydrogens is 214 g/mol. The zero-order valence-electron chi connectivity index (χ0n) is 11.4. The fourth-order valence-electron chi connectivity index (χ4n) is 2.31. The summed E-state index contributed by atoms with van der Waals surface area (Å²) in [6.07, 6.45) is 0.415. The van der Waals surface area contributed by atoms with Crippen molar-refractivity contribution < 1.29 is 9.84 Å². The number of rotatable bonds is 5. The molecule has 2 unspecified atom stereocenters. The van der Waals surface area contributed by atoms with Gasteiger partial charge in [0.2, 0.25) is 0 Å². The highest BCUT2D eigenvalue weighted by Gasteiger charge is 2.21. The topological polar surface area (TPSA) is 41.5 Å². The van der Waals surface area contributed by atoms with E-state index in [0.717, 1.165) is 28.9 Å². The van der Waals surface area contributed by atoms with Gasteiger partial charge in [-0.2, -0.15) is 0 Å². The van der Waals surface area contributed by atoms with E-state index < -0.39 is 6.10 Å². The van der Waals surface area contributed by atoms with Crippen LogP contribution in [0.5, 0.6) is 5.75 Å². The van der Waals surface area contributed by atoms with Gasteiger partial charge in [0.25, 0.3) is 0 Å². The van der Waals surface area contributed by atoms with Gasteiger partial charge in [-0.1, -0.05) is 6.92 Å². The fraction of sp³-hybridized carbons (Fsp3) is 0.571. The minimum absolute atomic E-state index is 0.0841. The van der Waals surface area contributed by atoms with Crippen molar-refractivity contribution in [2.75, 3.05) is 14.2 Å². The van der Waals surface area contributed by atoms with Crippen LogP contribution in [0.1, 0.15) is 36.1 Å². The van der Waals surface area contributed by atoms with E-state index in [1.54, 1.807) is 7.11 Å². The number of hydrogen-bond donors (Lipinski definition) is 2. The summed E-state index contributed by atoms with van der Waals surface area (Å²) >= 11 is 0. The molecule has 2 atom stereocenters. The van der Waals surface area contributed by atoms with Crippen LogP contribution in [0.2, 0.25) is 0 Å². The van der Waals surface area contributed by atoms with Crippen molar-refractivity contribution in [2.24, 2.45) is 0 Å². The Morgan fingerprint density at radius 3 is 2.18 bits per heavy atom. The third-order valence-corrected chi connectivity index (χ3v) is 3.29. The van der Waals surface area contributed by atoms with E-state index in [4.69, 9.17) is 4.74 Å². The molecule has 0 aliphatic heterocycles. The molecule has 96 valence electrons. The van der Waals surface area contributed by atoms with Gasteiger partial charge in [-0.3, -0.25) is 0 Å². The summed E-state index contributed by atoms with van der Waals surface area (Å²) in [4.78, 5) is 0. The van der Waals surface area contributed by atoms with Gasteiger partial charge in [-0.15, -0.1) is 0 Å². The molecule has 0 aliphatic carbocycles. The van der Waals surface area contributed by atoms with Gasteiger partial charge in [0, 0.05) is 6.04 Å². The molecule has 0 saturated carbocycles. The van der Waals surface area contributed by atoms with Crippen LogP contribution >= 0.6 is 0 Å². The zero-order valence-corrected chi connectivity index (χ0v) is 11.4. The van der Waals surface area contributed by atoms with Crippen molar-refractivity contribution in [1.29, 1.82) is 0 Å². The zero-order chi connectivity index (χ0) is 13.0. The van der Waals surface area contributed by atoms with E-state index in [2.05, 4.69) is 12.2 Å². The average molecular weight is 237 g/mol. The largest absolute Gasteiger partial charge is 0.497 e. The lowest BCUT2D eigenvalue weighted by Gasteiger charge is -2.25. The second kappa shape index (κ2) is 6.03. The van der Waals surface area contributed by atoms with E-state index >= 15 is 0 Å². The molecule has 0 amide bonds. The Kier molecular flexibility index (Phi) is 4.97. The van der Waals surface area contributed by atoms with E-state index in [1.165, 1.54) is 0 Å². The molecule has 0 heterocycles. The molecule has 1 aromatic rings. The third-order valence-electron chi connectivity index (χ3n) is 3.29. The quantitative estimate of drug-likeness (QED) is 0.826. The highest BCUT2D eigenvalue weighted by Crippen LogP contribution is 2.29. The average Bonchev–Trinajstić information content (AvgIpc) is 2.29. The monoisotopic (exact) mass is 237 g/mol. The lowest BCUT2D eigenvalue weighted by molar-refractivity contribution is 0.129. The number of ether oxygens (including phenoxy) is 1. The predicted octanol–water partition coefficient (Wildman–Crippen LogP) is 2.34. The molecule has 0 saturated heterocycles. The van der Waals surface area contributed by atoms with Gasteiger partial charge in [0.1, 0.15) is 5.75 Å². The van der Waals surface area contributed by atoms with Gasteiger partial charge in [-0.05, 0) is 56.1 Å². The molecular formula is C14H23NO2. The Bertz CT molecular complexity index is 349. The normalized spacial score (nSPS) is 14.5.